The van der Waals surface area contributed by atoms with Crippen LogP contribution in [0.4, 0.5) is 0 Å². The number of rotatable bonds is 6. The lowest BCUT2D eigenvalue weighted by molar-refractivity contribution is 0.485. The van der Waals surface area contributed by atoms with Crippen LogP contribution in [0.5, 0.6) is 0 Å². The van der Waals surface area contributed by atoms with Gasteiger partial charge in [-0.1, -0.05) is 33.3 Å². The minimum Gasteiger partial charge on any atom is -0.460 e. The maximum atomic E-state index is 5.82. The molecule has 0 unspecified atom stereocenters. The van der Waals surface area contributed by atoms with E-state index in [1.165, 1.54) is 17.4 Å². The first kappa shape index (κ1) is 13.2. The van der Waals surface area contributed by atoms with Gasteiger partial charge in [-0.15, -0.1) is 0 Å². The summed E-state index contributed by atoms with van der Waals surface area (Å²) in [6, 6.07) is 8.66. The molecule has 1 heterocycles. The summed E-state index contributed by atoms with van der Waals surface area (Å²) >= 11 is 0. The maximum absolute atomic E-state index is 5.82. The smallest absolute Gasteiger partial charge is 0.134 e. The van der Waals surface area contributed by atoms with Crippen molar-refractivity contribution in [2.24, 2.45) is 5.92 Å². The van der Waals surface area contributed by atoms with Crippen LogP contribution in [0.2, 0.25) is 0 Å². The number of hydrogen-bond acceptors (Lipinski definition) is 2. The molecule has 0 spiro atoms. The van der Waals surface area contributed by atoms with Gasteiger partial charge >= 0.3 is 0 Å². The van der Waals surface area contributed by atoms with Crippen LogP contribution in [0, 0.1) is 5.92 Å². The first-order valence-corrected chi connectivity index (χ1v) is 6.91. The molecule has 0 saturated heterocycles. The van der Waals surface area contributed by atoms with Crippen molar-refractivity contribution < 1.29 is 4.42 Å². The molecule has 0 aliphatic carbocycles. The van der Waals surface area contributed by atoms with Crippen molar-refractivity contribution in [3.05, 3.63) is 35.6 Å². The molecular formula is C16H23NO. The highest BCUT2D eigenvalue weighted by Gasteiger charge is 2.04. The largest absolute Gasteiger partial charge is 0.460 e. The van der Waals surface area contributed by atoms with Crippen molar-refractivity contribution in [1.29, 1.82) is 0 Å². The maximum Gasteiger partial charge on any atom is 0.134 e. The molecule has 0 radical (unpaired) electrons. The number of benzene rings is 1. The van der Waals surface area contributed by atoms with E-state index in [-0.39, 0.29) is 0 Å². The highest BCUT2D eigenvalue weighted by atomic mass is 16.3. The van der Waals surface area contributed by atoms with Crippen LogP contribution in [0.3, 0.4) is 0 Å². The quantitative estimate of drug-likeness (QED) is 0.827. The molecule has 0 saturated carbocycles. The Morgan fingerprint density at radius 2 is 2.06 bits per heavy atom. The first-order valence-electron chi connectivity index (χ1n) is 6.91. The van der Waals surface area contributed by atoms with Crippen LogP contribution in [-0.4, -0.2) is 6.54 Å². The van der Waals surface area contributed by atoms with Crippen LogP contribution >= 0.6 is 0 Å². The molecule has 18 heavy (non-hydrogen) atoms. The molecule has 1 aromatic heterocycles. The van der Waals surface area contributed by atoms with Gasteiger partial charge in [-0.3, -0.25) is 0 Å². The number of fused-ring (bicyclic) bond motifs is 1. The fraction of sp³-hybridized carbons (Fsp3) is 0.500. The van der Waals surface area contributed by atoms with E-state index in [4.69, 9.17) is 4.42 Å². The lowest BCUT2D eigenvalue weighted by atomic mass is 10.1. The van der Waals surface area contributed by atoms with E-state index >= 15 is 0 Å². The Labute approximate surface area is 109 Å². The van der Waals surface area contributed by atoms with E-state index < -0.39 is 0 Å². The predicted molar refractivity (Wildman–Crippen MR) is 76.8 cm³/mol. The first-order chi connectivity index (χ1) is 8.69. The van der Waals surface area contributed by atoms with Gasteiger partial charge in [0.1, 0.15) is 11.3 Å². The number of aryl methyl sites for hydroxylation is 1. The molecule has 2 heteroatoms. The minimum atomic E-state index is 0.672. The zero-order valence-electron chi connectivity index (χ0n) is 11.6. The minimum absolute atomic E-state index is 0.672. The van der Waals surface area contributed by atoms with Crippen molar-refractivity contribution in [1.82, 2.24) is 5.32 Å². The Balaban J connectivity index is 2.07. The molecular weight excluding hydrogens is 222 g/mol. The molecule has 0 bridgehead atoms. The summed E-state index contributed by atoms with van der Waals surface area (Å²) < 4.78 is 5.82. The lowest BCUT2D eigenvalue weighted by Gasteiger charge is -2.04. The Morgan fingerprint density at radius 1 is 1.22 bits per heavy atom. The summed E-state index contributed by atoms with van der Waals surface area (Å²) in [4.78, 5) is 0. The van der Waals surface area contributed by atoms with Crippen molar-refractivity contribution >= 4 is 11.0 Å². The van der Waals surface area contributed by atoms with Gasteiger partial charge in [-0.25, -0.2) is 0 Å². The molecule has 98 valence electrons. The number of furan rings is 1. The number of hydrogen-bond donors (Lipinski definition) is 1. The molecule has 2 aromatic rings. The second kappa shape index (κ2) is 6.05. The number of nitrogens with one attached hydrogen (secondary N) is 1. The van der Waals surface area contributed by atoms with Crippen molar-refractivity contribution in [3.8, 4) is 0 Å². The second-order valence-corrected chi connectivity index (χ2v) is 5.36. The average molecular weight is 245 g/mol. The molecule has 1 aromatic carbocycles. The molecule has 1 N–H and O–H groups in total. The fourth-order valence-corrected chi connectivity index (χ4v) is 2.16. The molecule has 0 aliphatic heterocycles. The van der Waals surface area contributed by atoms with E-state index in [9.17, 15) is 0 Å². The third kappa shape index (κ3) is 3.36. The van der Waals surface area contributed by atoms with Crippen LogP contribution in [0.1, 0.15) is 38.5 Å². The lowest BCUT2D eigenvalue weighted by Crippen LogP contribution is -2.18. The Morgan fingerprint density at radius 3 is 2.78 bits per heavy atom. The molecule has 0 atom stereocenters. The Hall–Kier alpha value is -1.28. The third-order valence-electron chi connectivity index (χ3n) is 3.02. The van der Waals surface area contributed by atoms with Gasteiger partial charge in [-0.05, 0) is 42.6 Å². The average Bonchev–Trinajstić information content (AvgIpc) is 2.71. The standard InChI is InChI=1S/C16H23NO/c1-4-5-13-6-7-16-14(8-13)9-15(18-16)11-17-10-12(2)3/h6-9,12,17H,4-5,10-11H2,1-3H3. The van der Waals surface area contributed by atoms with Crippen molar-refractivity contribution in [2.75, 3.05) is 6.54 Å². The molecule has 0 fully saturated rings. The summed E-state index contributed by atoms with van der Waals surface area (Å²) in [7, 11) is 0. The predicted octanol–water partition coefficient (Wildman–Crippen LogP) is 4.13. The van der Waals surface area contributed by atoms with Crippen molar-refractivity contribution in [3.63, 3.8) is 0 Å². The van der Waals surface area contributed by atoms with E-state index in [2.05, 4.69) is 50.4 Å². The van der Waals surface area contributed by atoms with Gasteiger partial charge in [0.25, 0.3) is 0 Å². The molecule has 0 amide bonds. The highest BCUT2D eigenvalue weighted by molar-refractivity contribution is 5.78. The molecule has 0 aliphatic rings. The van der Waals surface area contributed by atoms with Crippen LogP contribution in [0.15, 0.2) is 28.7 Å². The second-order valence-electron chi connectivity index (χ2n) is 5.36. The van der Waals surface area contributed by atoms with E-state index in [0.29, 0.717) is 5.92 Å². The van der Waals surface area contributed by atoms with E-state index in [0.717, 1.165) is 30.9 Å². The topological polar surface area (TPSA) is 25.2 Å². The van der Waals surface area contributed by atoms with Gasteiger partial charge in [0.05, 0.1) is 6.54 Å². The van der Waals surface area contributed by atoms with Gasteiger partial charge < -0.3 is 9.73 Å². The molecule has 2 rings (SSSR count). The summed E-state index contributed by atoms with van der Waals surface area (Å²) in [5.74, 6) is 1.70. The fourth-order valence-electron chi connectivity index (χ4n) is 2.16. The van der Waals surface area contributed by atoms with E-state index in [1.807, 2.05) is 0 Å². The van der Waals surface area contributed by atoms with Crippen LogP contribution in [-0.2, 0) is 13.0 Å². The van der Waals surface area contributed by atoms with Gasteiger partial charge in [0, 0.05) is 5.39 Å². The zero-order valence-corrected chi connectivity index (χ0v) is 11.6. The van der Waals surface area contributed by atoms with Crippen LogP contribution < -0.4 is 5.32 Å². The van der Waals surface area contributed by atoms with E-state index in [1.54, 1.807) is 0 Å². The molecule has 2 nitrogen and oxygen atoms in total. The highest BCUT2D eigenvalue weighted by Crippen LogP contribution is 2.21. The third-order valence-corrected chi connectivity index (χ3v) is 3.02. The van der Waals surface area contributed by atoms with Crippen molar-refractivity contribution in [2.45, 2.75) is 40.2 Å². The summed E-state index contributed by atoms with van der Waals surface area (Å²) in [6.45, 7) is 8.47. The SMILES string of the molecule is CCCc1ccc2oc(CNCC(C)C)cc2c1. The summed E-state index contributed by atoms with van der Waals surface area (Å²) in [5, 5.41) is 4.63. The monoisotopic (exact) mass is 245 g/mol. The normalized spacial score (nSPS) is 11.6. The Kier molecular flexibility index (Phi) is 4.43. The Bertz CT molecular complexity index is 499. The summed E-state index contributed by atoms with van der Waals surface area (Å²) in [6.07, 6.45) is 2.33. The zero-order chi connectivity index (χ0) is 13.0. The van der Waals surface area contributed by atoms with Gasteiger partial charge in [0.2, 0.25) is 0 Å². The van der Waals surface area contributed by atoms with Gasteiger partial charge in [-0.2, -0.15) is 0 Å². The summed E-state index contributed by atoms with van der Waals surface area (Å²) in [5.41, 5.74) is 2.39. The van der Waals surface area contributed by atoms with Crippen LogP contribution in [0.25, 0.3) is 11.0 Å². The van der Waals surface area contributed by atoms with Gasteiger partial charge in [0.15, 0.2) is 0 Å².